The number of nitrogens with one attached hydrogen (secondary N) is 1. The minimum absolute atomic E-state index is 0. The van der Waals surface area contributed by atoms with E-state index in [1.54, 1.807) is 7.11 Å². The van der Waals surface area contributed by atoms with Crippen molar-refractivity contribution in [3.05, 3.63) is 65.2 Å². The molecular formula is C19H25ClN2O2. The summed E-state index contributed by atoms with van der Waals surface area (Å²) < 4.78 is 5.40. The van der Waals surface area contributed by atoms with Crippen LogP contribution in [0.1, 0.15) is 35.6 Å². The lowest BCUT2D eigenvalue weighted by molar-refractivity contribution is -0.123. The summed E-state index contributed by atoms with van der Waals surface area (Å²) in [5.41, 5.74) is 8.83. The maximum absolute atomic E-state index is 12.6. The zero-order valence-corrected chi connectivity index (χ0v) is 15.1. The molecule has 130 valence electrons. The number of aryl methyl sites for hydroxylation is 1. The average molecular weight is 349 g/mol. The van der Waals surface area contributed by atoms with Crippen molar-refractivity contribution in [2.24, 2.45) is 5.73 Å². The quantitative estimate of drug-likeness (QED) is 0.841. The van der Waals surface area contributed by atoms with Gasteiger partial charge in [0.2, 0.25) is 5.91 Å². The van der Waals surface area contributed by atoms with E-state index >= 15 is 0 Å². The average Bonchev–Trinajstić information content (AvgIpc) is 2.56. The predicted octanol–water partition coefficient (Wildman–Crippen LogP) is 3.35. The molecule has 0 fully saturated rings. The lowest BCUT2D eigenvalue weighted by Crippen LogP contribution is -2.35. The van der Waals surface area contributed by atoms with Crippen molar-refractivity contribution >= 4 is 18.3 Å². The van der Waals surface area contributed by atoms with E-state index in [2.05, 4.69) is 5.32 Å². The fourth-order valence-corrected chi connectivity index (χ4v) is 2.66. The maximum atomic E-state index is 12.6. The zero-order chi connectivity index (χ0) is 16.8. The third kappa shape index (κ3) is 4.73. The summed E-state index contributed by atoms with van der Waals surface area (Å²) in [7, 11) is 1.63. The second kappa shape index (κ2) is 9.30. The van der Waals surface area contributed by atoms with Crippen LogP contribution in [0, 0.1) is 6.92 Å². The van der Waals surface area contributed by atoms with Crippen LogP contribution in [0.5, 0.6) is 5.75 Å². The third-order valence-electron chi connectivity index (χ3n) is 3.96. The van der Waals surface area contributed by atoms with Gasteiger partial charge in [-0.2, -0.15) is 0 Å². The van der Waals surface area contributed by atoms with Gasteiger partial charge in [-0.3, -0.25) is 4.79 Å². The molecule has 0 heterocycles. The molecule has 24 heavy (non-hydrogen) atoms. The van der Waals surface area contributed by atoms with Gasteiger partial charge in [0.1, 0.15) is 5.75 Å². The van der Waals surface area contributed by atoms with Crippen molar-refractivity contribution in [2.45, 2.75) is 25.8 Å². The summed E-state index contributed by atoms with van der Waals surface area (Å²) in [6.07, 6.45) is 0. The van der Waals surface area contributed by atoms with Gasteiger partial charge in [0, 0.05) is 12.1 Å². The lowest BCUT2D eigenvalue weighted by Gasteiger charge is -2.21. The molecule has 0 aliphatic heterocycles. The standard InChI is InChI=1S/C19H24N2O2.ClH/c1-13-9-10-18(23-3)16(11-13)14(2)21-19(22)17(12-20)15-7-5-4-6-8-15;/h4-11,14,17H,12,20H2,1-3H3,(H,21,22);1H. The number of carbonyl (C=O) groups excluding carboxylic acids is 1. The number of ether oxygens (including phenoxy) is 1. The number of amides is 1. The molecule has 2 rings (SSSR count). The van der Waals surface area contributed by atoms with Crippen LogP contribution in [-0.4, -0.2) is 19.6 Å². The highest BCUT2D eigenvalue weighted by atomic mass is 35.5. The first-order chi connectivity index (χ1) is 11.1. The molecular weight excluding hydrogens is 324 g/mol. The predicted molar refractivity (Wildman–Crippen MR) is 99.8 cm³/mol. The van der Waals surface area contributed by atoms with E-state index in [4.69, 9.17) is 10.5 Å². The van der Waals surface area contributed by atoms with Crippen LogP contribution in [0.15, 0.2) is 48.5 Å². The Kier molecular flexibility index (Phi) is 7.75. The molecule has 0 saturated carbocycles. The Morgan fingerprint density at radius 2 is 1.88 bits per heavy atom. The Balaban J connectivity index is 0.00000288. The monoisotopic (exact) mass is 348 g/mol. The van der Waals surface area contributed by atoms with Crippen molar-refractivity contribution in [1.82, 2.24) is 5.32 Å². The molecule has 1 amide bonds. The SMILES string of the molecule is COc1ccc(C)cc1C(C)NC(=O)C(CN)c1ccccc1.Cl. The van der Waals surface area contributed by atoms with Crippen molar-refractivity contribution in [1.29, 1.82) is 0 Å². The molecule has 0 saturated heterocycles. The number of carbonyl (C=O) groups is 1. The van der Waals surface area contributed by atoms with Crippen molar-refractivity contribution in [3.8, 4) is 5.75 Å². The number of rotatable bonds is 6. The summed E-state index contributed by atoms with van der Waals surface area (Å²) in [5.74, 6) is 0.344. The number of hydrogen-bond donors (Lipinski definition) is 2. The molecule has 0 aliphatic rings. The Morgan fingerprint density at radius 1 is 1.21 bits per heavy atom. The van der Waals surface area contributed by atoms with E-state index in [1.807, 2.05) is 62.4 Å². The summed E-state index contributed by atoms with van der Waals surface area (Å²) in [6, 6.07) is 15.4. The van der Waals surface area contributed by atoms with Gasteiger partial charge in [-0.1, -0.05) is 48.0 Å². The summed E-state index contributed by atoms with van der Waals surface area (Å²) in [5, 5.41) is 3.05. The fourth-order valence-electron chi connectivity index (χ4n) is 2.66. The van der Waals surface area contributed by atoms with Crippen LogP contribution < -0.4 is 15.8 Å². The minimum atomic E-state index is -0.352. The lowest BCUT2D eigenvalue weighted by atomic mass is 9.97. The first-order valence-electron chi connectivity index (χ1n) is 7.76. The van der Waals surface area contributed by atoms with Gasteiger partial charge >= 0.3 is 0 Å². The van der Waals surface area contributed by atoms with Gasteiger partial charge in [-0.15, -0.1) is 12.4 Å². The van der Waals surface area contributed by atoms with Crippen LogP contribution in [0.25, 0.3) is 0 Å². The normalized spacial score (nSPS) is 12.7. The molecule has 2 aromatic carbocycles. The molecule has 0 aliphatic carbocycles. The van der Waals surface area contributed by atoms with E-state index in [9.17, 15) is 4.79 Å². The highest BCUT2D eigenvalue weighted by Gasteiger charge is 2.22. The highest BCUT2D eigenvalue weighted by Crippen LogP contribution is 2.27. The second-order valence-electron chi connectivity index (χ2n) is 5.67. The third-order valence-corrected chi connectivity index (χ3v) is 3.96. The van der Waals surface area contributed by atoms with Gasteiger partial charge in [-0.25, -0.2) is 0 Å². The van der Waals surface area contributed by atoms with Crippen molar-refractivity contribution < 1.29 is 9.53 Å². The molecule has 0 bridgehead atoms. The van der Waals surface area contributed by atoms with Gasteiger partial charge in [-0.05, 0) is 25.5 Å². The van der Waals surface area contributed by atoms with E-state index in [0.717, 1.165) is 22.4 Å². The fraction of sp³-hybridized carbons (Fsp3) is 0.316. The summed E-state index contributed by atoms with van der Waals surface area (Å²) in [4.78, 5) is 12.6. The van der Waals surface area contributed by atoms with Gasteiger partial charge in [0.15, 0.2) is 0 Å². The Labute approximate surface area is 149 Å². The minimum Gasteiger partial charge on any atom is -0.496 e. The molecule has 4 nitrogen and oxygen atoms in total. The van der Waals surface area contributed by atoms with Crippen molar-refractivity contribution in [2.75, 3.05) is 13.7 Å². The Morgan fingerprint density at radius 3 is 2.46 bits per heavy atom. The number of benzene rings is 2. The highest BCUT2D eigenvalue weighted by molar-refractivity contribution is 5.85. The van der Waals surface area contributed by atoms with Crippen LogP contribution >= 0.6 is 12.4 Å². The zero-order valence-electron chi connectivity index (χ0n) is 14.3. The second-order valence-corrected chi connectivity index (χ2v) is 5.67. The first-order valence-corrected chi connectivity index (χ1v) is 7.76. The molecule has 0 aromatic heterocycles. The Bertz CT molecular complexity index is 662. The van der Waals surface area contributed by atoms with E-state index in [1.165, 1.54) is 0 Å². The number of nitrogens with two attached hydrogens (primary N) is 1. The number of methoxy groups -OCH3 is 1. The van der Waals surface area contributed by atoms with Crippen molar-refractivity contribution in [3.63, 3.8) is 0 Å². The molecule has 3 N–H and O–H groups in total. The van der Waals surface area contributed by atoms with E-state index in [0.29, 0.717) is 0 Å². The summed E-state index contributed by atoms with van der Waals surface area (Å²) in [6.45, 7) is 4.24. The van der Waals surface area contributed by atoms with Crippen LogP contribution in [-0.2, 0) is 4.79 Å². The smallest absolute Gasteiger partial charge is 0.229 e. The number of hydrogen-bond acceptors (Lipinski definition) is 3. The molecule has 5 heteroatoms. The number of halogens is 1. The molecule has 0 radical (unpaired) electrons. The first kappa shape index (κ1) is 20.0. The van der Waals surface area contributed by atoms with Gasteiger partial charge in [0.05, 0.1) is 19.1 Å². The topological polar surface area (TPSA) is 64.3 Å². The van der Waals surface area contributed by atoms with Crippen LogP contribution in [0.2, 0.25) is 0 Å². The van der Waals surface area contributed by atoms with Gasteiger partial charge in [0.25, 0.3) is 0 Å². The molecule has 2 aromatic rings. The molecule has 2 atom stereocenters. The maximum Gasteiger partial charge on any atom is 0.229 e. The van der Waals surface area contributed by atoms with E-state index in [-0.39, 0.29) is 36.8 Å². The van der Waals surface area contributed by atoms with Crippen LogP contribution in [0.3, 0.4) is 0 Å². The van der Waals surface area contributed by atoms with Crippen LogP contribution in [0.4, 0.5) is 0 Å². The van der Waals surface area contributed by atoms with E-state index < -0.39 is 0 Å². The van der Waals surface area contributed by atoms with Gasteiger partial charge < -0.3 is 15.8 Å². The summed E-state index contributed by atoms with van der Waals surface area (Å²) >= 11 is 0. The Hall–Kier alpha value is -2.04. The largest absolute Gasteiger partial charge is 0.496 e. The molecule has 0 spiro atoms. The molecule has 2 unspecified atom stereocenters.